The average molecular weight is 688 g/mol. The van der Waals surface area contributed by atoms with Crippen molar-refractivity contribution in [3.05, 3.63) is 33.4 Å². The Labute approximate surface area is 253 Å². The van der Waals surface area contributed by atoms with Gasteiger partial charge in [-0.05, 0) is 0 Å². The van der Waals surface area contributed by atoms with E-state index in [-0.39, 0.29) is 34.2 Å². The van der Waals surface area contributed by atoms with E-state index < -0.39 is 88.8 Å². The van der Waals surface area contributed by atoms with Crippen LogP contribution in [0.25, 0.3) is 22.3 Å². The van der Waals surface area contributed by atoms with Crippen molar-refractivity contribution in [3.63, 3.8) is 0 Å². The second-order valence-electron chi connectivity index (χ2n) is 10.6. The van der Waals surface area contributed by atoms with E-state index in [1.807, 2.05) is 0 Å². The van der Waals surface area contributed by atoms with Crippen molar-refractivity contribution in [3.8, 4) is 0 Å². The smallest absolute Gasteiger partial charge is 0.387 e. The van der Waals surface area contributed by atoms with Crippen LogP contribution in [-0.4, -0.2) is 109 Å². The number of nitrogens with zero attached hydrogens (tertiary/aromatic N) is 6. The SMILES string of the molecule is Nc1nc2c(ncn2[C@@H]2O[C@@H]3COP(=O)(O)N[C@H]4[C@@H](O)[C@H](n5cnc6c(=O)[nH]c(N)nc65)O[C@@H]4COP(=O)(O)N[C@H]3[C@H]2O)c(=O)[nH]1. The first-order valence-electron chi connectivity index (χ1n) is 13.3. The van der Waals surface area contributed by atoms with Gasteiger partial charge in [-0.3, -0.25) is 37.7 Å². The molecule has 7 heterocycles. The standard InChI is InChI=1S/C20H26N12O12P2/c21-19-25-13-9(15(35)27-19)23-3-31(13)17-11(33)7-5(43-17)1-41-45(37,38)30-8-6(2-42-46(39,40)29-7)44-18(12(8)34)32-4-24-10-14(32)26-20(22)28-16(10)36/h3-8,11-12,17-18,33-34H,1-2H2,(H2,29,39,40)(H2,30,37,38)(H3,21,25,27,35)(H3,22,26,28,36)/t5-,6-,7-,8-,11-,12-,17-,18-/m1/s1. The predicted molar refractivity (Wildman–Crippen MR) is 150 cm³/mol. The number of hydrogen-bond donors (Lipinski definition) is 10. The molecule has 7 rings (SSSR count). The molecule has 0 aliphatic carbocycles. The van der Waals surface area contributed by atoms with E-state index in [9.17, 15) is 38.7 Å². The summed E-state index contributed by atoms with van der Waals surface area (Å²) in [5, 5.41) is 26.9. The fourth-order valence-corrected chi connectivity index (χ4v) is 7.85. The van der Waals surface area contributed by atoms with Crippen LogP contribution in [0.4, 0.5) is 11.9 Å². The minimum atomic E-state index is -4.82. The molecule has 4 aromatic rings. The van der Waals surface area contributed by atoms with Gasteiger partial charge in [-0.2, -0.15) is 9.97 Å². The Balaban J connectivity index is 1.18. The quantitative estimate of drug-likeness (QED) is 0.0899. The highest BCUT2D eigenvalue weighted by molar-refractivity contribution is 7.50. The van der Waals surface area contributed by atoms with Gasteiger partial charge in [0, 0.05) is 0 Å². The molecule has 3 fully saturated rings. The lowest BCUT2D eigenvalue weighted by atomic mass is 10.1. The molecular weight excluding hydrogens is 662 g/mol. The maximum Gasteiger partial charge on any atom is 0.403 e. The molecule has 3 aliphatic heterocycles. The molecular formula is C20H26N12O12P2. The summed E-state index contributed by atoms with van der Waals surface area (Å²) in [6.07, 6.45) is -6.61. The van der Waals surface area contributed by atoms with Gasteiger partial charge < -0.3 is 40.9 Å². The Morgan fingerprint density at radius 2 is 1.15 bits per heavy atom. The van der Waals surface area contributed by atoms with E-state index in [0.717, 1.165) is 21.8 Å². The van der Waals surface area contributed by atoms with Crippen LogP contribution < -0.4 is 32.8 Å². The van der Waals surface area contributed by atoms with E-state index in [0.29, 0.717) is 0 Å². The minimum Gasteiger partial charge on any atom is -0.387 e. The Hall–Kier alpha value is -3.64. The lowest BCUT2D eigenvalue weighted by Gasteiger charge is -2.29. The lowest BCUT2D eigenvalue weighted by molar-refractivity contribution is -0.0483. The van der Waals surface area contributed by atoms with Gasteiger partial charge in [0.25, 0.3) is 11.1 Å². The number of nitrogens with one attached hydrogen (secondary N) is 4. The Bertz CT molecular complexity index is 1900. The summed E-state index contributed by atoms with van der Waals surface area (Å²) >= 11 is 0. The monoisotopic (exact) mass is 688 g/mol. The molecule has 26 heteroatoms. The second kappa shape index (κ2) is 11.0. The van der Waals surface area contributed by atoms with Crippen LogP contribution in [0.1, 0.15) is 12.5 Å². The summed E-state index contributed by atoms with van der Waals surface area (Å²) in [7, 11) is -9.64. The molecule has 46 heavy (non-hydrogen) atoms. The normalized spacial score (nSPS) is 37.1. The molecule has 12 N–H and O–H groups in total. The van der Waals surface area contributed by atoms with Crippen molar-refractivity contribution < 1.29 is 47.7 Å². The van der Waals surface area contributed by atoms with Gasteiger partial charge in [-0.1, -0.05) is 0 Å². The van der Waals surface area contributed by atoms with Crippen LogP contribution >= 0.6 is 15.5 Å². The number of H-pyrrole nitrogens is 2. The highest BCUT2D eigenvalue weighted by atomic mass is 31.2. The van der Waals surface area contributed by atoms with Gasteiger partial charge in [0.15, 0.2) is 34.8 Å². The zero-order valence-electron chi connectivity index (χ0n) is 23.0. The number of fused-ring (bicyclic) bond motifs is 4. The molecule has 0 radical (unpaired) electrons. The lowest BCUT2D eigenvalue weighted by Crippen LogP contribution is -2.48. The molecule has 10 atom stereocenters. The summed E-state index contributed by atoms with van der Waals surface area (Å²) < 4.78 is 50.9. The molecule has 2 unspecified atom stereocenters. The van der Waals surface area contributed by atoms with Crippen LogP contribution in [-0.2, 0) is 27.7 Å². The average Bonchev–Trinajstić information content (AvgIpc) is 3.72. The topological polar surface area (TPSA) is 355 Å². The van der Waals surface area contributed by atoms with Gasteiger partial charge in [0.05, 0.1) is 38.0 Å². The maximum absolute atomic E-state index is 13.2. The number of imidazole rings is 2. The molecule has 24 nitrogen and oxygen atoms in total. The number of ether oxygens (including phenoxy) is 2. The van der Waals surface area contributed by atoms with E-state index in [4.69, 9.17) is 30.0 Å². The zero-order chi connectivity index (χ0) is 32.7. The molecule has 0 aromatic carbocycles. The third kappa shape index (κ3) is 5.33. The summed E-state index contributed by atoms with van der Waals surface area (Å²) in [4.78, 5) is 66.4. The van der Waals surface area contributed by atoms with Crippen LogP contribution in [0.5, 0.6) is 0 Å². The number of hydrogen-bond acceptors (Lipinski definition) is 16. The minimum absolute atomic E-state index is 0.0804. The van der Waals surface area contributed by atoms with E-state index in [1.54, 1.807) is 0 Å². The first-order chi connectivity index (χ1) is 21.7. The van der Waals surface area contributed by atoms with Gasteiger partial charge in [0.2, 0.25) is 11.9 Å². The molecule has 0 amide bonds. The Morgan fingerprint density at radius 3 is 1.54 bits per heavy atom. The van der Waals surface area contributed by atoms with Crippen LogP contribution in [0.2, 0.25) is 0 Å². The van der Waals surface area contributed by atoms with Gasteiger partial charge >= 0.3 is 15.5 Å². The molecule has 4 aromatic heterocycles. The molecule has 248 valence electrons. The second-order valence-corrected chi connectivity index (χ2v) is 13.7. The van der Waals surface area contributed by atoms with Gasteiger partial charge in [-0.25, -0.2) is 29.3 Å². The first-order valence-corrected chi connectivity index (χ1v) is 16.5. The first kappa shape index (κ1) is 31.0. The number of aromatic nitrogens is 8. The highest BCUT2D eigenvalue weighted by Gasteiger charge is 2.52. The third-order valence-electron chi connectivity index (χ3n) is 7.65. The number of aliphatic hydroxyl groups excluding tert-OH is 2. The van der Waals surface area contributed by atoms with Crippen molar-refractivity contribution in [2.75, 3.05) is 24.7 Å². The van der Waals surface area contributed by atoms with Crippen LogP contribution in [0.3, 0.4) is 0 Å². The van der Waals surface area contributed by atoms with Gasteiger partial charge in [0.1, 0.15) is 24.4 Å². The van der Waals surface area contributed by atoms with Crippen molar-refractivity contribution in [2.45, 2.75) is 49.0 Å². The van der Waals surface area contributed by atoms with Crippen molar-refractivity contribution in [1.82, 2.24) is 49.2 Å². The Kier molecular flexibility index (Phi) is 7.39. The van der Waals surface area contributed by atoms with Crippen molar-refractivity contribution in [1.29, 1.82) is 0 Å². The van der Waals surface area contributed by atoms with Gasteiger partial charge in [-0.15, -0.1) is 0 Å². The van der Waals surface area contributed by atoms with Crippen molar-refractivity contribution in [2.24, 2.45) is 0 Å². The fraction of sp³-hybridized carbons (Fsp3) is 0.500. The Morgan fingerprint density at radius 1 is 0.761 bits per heavy atom. The molecule has 0 spiro atoms. The molecule has 0 bridgehead atoms. The predicted octanol–water partition coefficient (Wildman–Crippen LogP) is -3.90. The van der Waals surface area contributed by atoms with Crippen molar-refractivity contribution >= 4 is 49.7 Å². The van der Waals surface area contributed by atoms with E-state index in [1.165, 1.54) is 0 Å². The molecule has 3 aliphatic rings. The molecule has 3 saturated heterocycles. The third-order valence-corrected chi connectivity index (χ3v) is 9.90. The number of anilines is 2. The number of aromatic amines is 2. The summed E-state index contributed by atoms with van der Waals surface area (Å²) in [6.45, 7) is -1.49. The fourth-order valence-electron chi connectivity index (χ4n) is 5.61. The summed E-state index contributed by atoms with van der Waals surface area (Å²) in [6, 6.07) is -2.91. The van der Waals surface area contributed by atoms with E-state index in [2.05, 4.69) is 40.1 Å². The molecule has 0 saturated carbocycles. The largest absolute Gasteiger partial charge is 0.403 e. The zero-order valence-corrected chi connectivity index (χ0v) is 24.8. The van der Waals surface area contributed by atoms with Crippen LogP contribution in [0.15, 0.2) is 22.2 Å². The summed E-state index contributed by atoms with van der Waals surface area (Å²) in [5.41, 5.74) is 9.51. The number of rotatable bonds is 2. The van der Waals surface area contributed by atoms with Crippen LogP contribution in [0, 0.1) is 0 Å². The number of nitrogens with two attached hydrogens (primary N) is 2. The number of aliphatic hydroxyl groups is 2. The number of nitrogen functional groups attached to an aromatic ring is 2. The summed E-state index contributed by atoms with van der Waals surface area (Å²) in [5.74, 6) is -0.513. The highest BCUT2D eigenvalue weighted by Crippen LogP contribution is 2.47. The maximum atomic E-state index is 13.2. The van der Waals surface area contributed by atoms with E-state index >= 15 is 0 Å².